The average Bonchev–Trinajstić information content (AvgIpc) is 2.41. The lowest BCUT2D eigenvalue weighted by atomic mass is 9.95. The first-order chi connectivity index (χ1) is 9.15. The van der Waals surface area contributed by atoms with E-state index in [9.17, 15) is 9.18 Å². The van der Waals surface area contributed by atoms with Gasteiger partial charge < -0.3 is 10.5 Å². The highest BCUT2D eigenvalue weighted by Gasteiger charge is 2.29. The van der Waals surface area contributed by atoms with Crippen LogP contribution in [0.5, 0.6) is 5.75 Å². The summed E-state index contributed by atoms with van der Waals surface area (Å²) in [5, 5.41) is 0. The van der Waals surface area contributed by atoms with Crippen molar-refractivity contribution in [2.45, 2.75) is 12.5 Å². The fourth-order valence-corrected chi connectivity index (χ4v) is 2.27. The Morgan fingerprint density at radius 1 is 1.21 bits per heavy atom. The van der Waals surface area contributed by atoms with E-state index >= 15 is 0 Å². The molecular formula is C15H12FNO2. The van der Waals surface area contributed by atoms with Gasteiger partial charge in [-0.05, 0) is 11.6 Å². The summed E-state index contributed by atoms with van der Waals surface area (Å²) in [6, 6.07) is 11.8. The maximum atomic E-state index is 13.3. The summed E-state index contributed by atoms with van der Waals surface area (Å²) in [4.78, 5) is 12.1. The van der Waals surface area contributed by atoms with Crippen LogP contribution in [0.3, 0.4) is 0 Å². The number of benzene rings is 2. The van der Waals surface area contributed by atoms with Crippen molar-refractivity contribution in [1.82, 2.24) is 0 Å². The van der Waals surface area contributed by atoms with E-state index in [1.807, 2.05) is 30.3 Å². The van der Waals surface area contributed by atoms with Crippen molar-refractivity contribution in [3.8, 4) is 5.75 Å². The zero-order valence-electron chi connectivity index (χ0n) is 10.1. The number of rotatable bonds is 1. The minimum absolute atomic E-state index is 0.152. The number of fused-ring (bicyclic) bond motifs is 1. The first-order valence-corrected chi connectivity index (χ1v) is 5.99. The number of anilines is 1. The number of ketones is 1. The largest absolute Gasteiger partial charge is 0.482 e. The summed E-state index contributed by atoms with van der Waals surface area (Å²) in [6.07, 6.45) is -0.172. The molecule has 3 nitrogen and oxygen atoms in total. The molecule has 1 unspecified atom stereocenters. The van der Waals surface area contributed by atoms with Gasteiger partial charge in [0.2, 0.25) is 0 Å². The Bertz CT molecular complexity index is 640. The summed E-state index contributed by atoms with van der Waals surface area (Å²) in [6.45, 7) is 0. The Morgan fingerprint density at radius 2 is 1.95 bits per heavy atom. The number of hydrogen-bond acceptors (Lipinski definition) is 3. The first-order valence-electron chi connectivity index (χ1n) is 5.99. The van der Waals surface area contributed by atoms with E-state index in [1.165, 1.54) is 12.1 Å². The zero-order chi connectivity index (χ0) is 13.4. The smallest absolute Gasteiger partial charge is 0.170 e. The van der Waals surface area contributed by atoms with E-state index in [0.717, 1.165) is 5.56 Å². The highest BCUT2D eigenvalue weighted by molar-refractivity contribution is 6.01. The third-order valence-corrected chi connectivity index (χ3v) is 3.19. The van der Waals surface area contributed by atoms with Crippen molar-refractivity contribution < 1.29 is 13.9 Å². The Kier molecular flexibility index (Phi) is 2.71. The van der Waals surface area contributed by atoms with Gasteiger partial charge in [-0.2, -0.15) is 0 Å². The van der Waals surface area contributed by atoms with Gasteiger partial charge in [-0.15, -0.1) is 0 Å². The van der Waals surface area contributed by atoms with Gasteiger partial charge in [0.05, 0.1) is 17.7 Å². The molecule has 2 N–H and O–H groups in total. The number of ether oxygens (including phenoxy) is 1. The van der Waals surface area contributed by atoms with Crippen LogP contribution in [0, 0.1) is 5.82 Å². The van der Waals surface area contributed by atoms with Gasteiger partial charge in [-0.3, -0.25) is 4.79 Å². The summed E-state index contributed by atoms with van der Waals surface area (Å²) in [7, 11) is 0. The van der Waals surface area contributed by atoms with Gasteiger partial charge in [0.25, 0.3) is 0 Å². The summed E-state index contributed by atoms with van der Waals surface area (Å²) < 4.78 is 19.0. The Morgan fingerprint density at radius 3 is 2.68 bits per heavy atom. The van der Waals surface area contributed by atoms with E-state index < -0.39 is 5.82 Å². The minimum atomic E-state index is -0.522. The molecule has 19 heavy (non-hydrogen) atoms. The second kappa shape index (κ2) is 4.39. The van der Waals surface area contributed by atoms with E-state index in [2.05, 4.69) is 0 Å². The van der Waals surface area contributed by atoms with Crippen molar-refractivity contribution in [3.63, 3.8) is 0 Å². The van der Waals surface area contributed by atoms with Crippen LogP contribution in [0.25, 0.3) is 0 Å². The van der Waals surface area contributed by atoms with Crippen LogP contribution in [0.4, 0.5) is 10.1 Å². The lowest BCUT2D eigenvalue weighted by Gasteiger charge is -2.26. The molecule has 0 fully saturated rings. The van der Waals surface area contributed by atoms with Gasteiger partial charge >= 0.3 is 0 Å². The molecule has 1 aliphatic heterocycles. The van der Waals surface area contributed by atoms with Gasteiger partial charge in [0.15, 0.2) is 11.5 Å². The molecule has 0 saturated carbocycles. The number of Topliss-reactive ketones (excluding diaryl/α,β-unsaturated/α-hetero) is 1. The van der Waals surface area contributed by atoms with Crippen LogP contribution in [0.15, 0.2) is 42.5 Å². The van der Waals surface area contributed by atoms with Crippen molar-refractivity contribution in [2.24, 2.45) is 0 Å². The predicted octanol–water partition coefficient (Wildman–Crippen LogP) is 3.11. The van der Waals surface area contributed by atoms with Crippen LogP contribution in [0.2, 0.25) is 0 Å². The quantitative estimate of drug-likeness (QED) is 0.798. The number of carbonyl (C=O) groups excluding carboxylic acids is 1. The van der Waals surface area contributed by atoms with Crippen molar-refractivity contribution in [2.75, 3.05) is 5.73 Å². The summed E-state index contributed by atoms with van der Waals surface area (Å²) in [5.74, 6) is -0.390. The number of carbonyl (C=O) groups is 1. The Balaban J connectivity index is 2.03. The Labute approximate surface area is 109 Å². The lowest BCUT2D eigenvalue weighted by Crippen LogP contribution is -2.21. The van der Waals surface area contributed by atoms with Gasteiger partial charge in [-0.25, -0.2) is 4.39 Å². The van der Waals surface area contributed by atoms with Crippen LogP contribution in [-0.4, -0.2) is 5.78 Å². The topological polar surface area (TPSA) is 52.3 Å². The maximum absolute atomic E-state index is 13.3. The number of hydrogen-bond donors (Lipinski definition) is 1. The SMILES string of the molecule is Nc1cc(F)cc2c1OC(c1ccccc1)CC2=O. The van der Waals surface area contributed by atoms with Crippen LogP contribution in [-0.2, 0) is 0 Å². The number of nitrogens with two attached hydrogens (primary N) is 1. The zero-order valence-corrected chi connectivity index (χ0v) is 10.1. The molecule has 96 valence electrons. The second-order valence-corrected chi connectivity index (χ2v) is 4.52. The van der Waals surface area contributed by atoms with E-state index in [4.69, 9.17) is 10.5 Å². The highest BCUT2D eigenvalue weighted by atomic mass is 19.1. The molecule has 0 aliphatic carbocycles. The minimum Gasteiger partial charge on any atom is -0.482 e. The van der Waals surface area contributed by atoms with E-state index in [0.29, 0.717) is 0 Å². The highest BCUT2D eigenvalue weighted by Crippen LogP contribution is 2.39. The molecule has 2 aromatic rings. The monoisotopic (exact) mass is 257 g/mol. The van der Waals surface area contributed by atoms with Crippen LogP contribution in [0.1, 0.15) is 28.4 Å². The normalized spacial score (nSPS) is 17.7. The molecule has 0 saturated heterocycles. The first kappa shape index (κ1) is 11.7. The van der Waals surface area contributed by atoms with Gasteiger partial charge in [0, 0.05) is 6.07 Å². The van der Waals surface area contributed by atoms with E-state index in [-0.39, 0.29) is 35.3 Å². The fourth-order valence-electron chi connectivity index (χ4n) is 2.27. The third kappa shape index (κ3) is 2.05. The van der Waals surface area contributed by atoms with Crippen molar-refractivity contribution >= 4 is 11.5 Å². The molecular weight excluding hydrogens is 245 g/mol. The molecule has 0 amide bonds. The van der Waals surface area contributed by atoms with Crippen molar-refractivity contribution in [3.05, 3.63) is 59.4 Å². The van der Waals surface area contributed by atoms with E-state index in [1.54, 1.807) is 0 Å². The number of halogens is 1. The van der Waals surface area contributed by atoms with Gasteiger partial charge in [0.1, 0.15) is 11.9 Å². The molecule has 1 heterocycles. The summed E-state index contributed by atoms with van der Waals surface area (Å²) in [5.41, 5.74) is 7.02. The number of nitrogen functional groups attached to an aromatic ring is 1. The fraction of sp³-hybridized carbons (Fsp3) is 0.133. The third-order valence-electron chi connectivity index (χ3n) is 3.19. The average molecular weight is 257 g/mol. The molecule has 1 aliphatic rings. The standard InChI is InChI=1S/C15H12FNO2/c16-10-6-11-13(18)8-14(9-4-2-1-3-5-9)19-15(11)12(17)7-10/h1-7,14H,8,17H2. The summed E-state index contributed by atoms with van der Waals surface area (Å²) >= 11 is 0. The maximum Gasteiger partial charge on any atom is 0.170 e. The predicted molar refractivity (Wildman–Crippen MR) is 69.6 cm³/mol. The molecule has 0 radical (unpaired) electrons. The Hall–Kier alpha value is -2.36. The molecule has 0 spiro atoms. The van der Waals surface area contributed by atoms with Crippen molar-refractivity contribution in [1.29, 1.82) is 0 Å². The molecule has 4 heteroatoms. The molecule has 2 aromatic carbocycles. The molecule has 1 atom stereocenters. The molecule has 0 bridgehead atoms. The molecule has 0 aromatic heterocycles. The molecule has 3 rings (SSSR count). The lowest BCUT2D eigenvalue weighted by molar-refractivity contribution is 0.0850. The van der Waals surface area contributed by atoms with Gasteiger partial charge in [-0.1, -0.05) is 30.3 Å². The van der Waals surface area contributed by atoms with Crippen LogP contribution < -0.4 is 10.5 Å². The van der Waals surface area contributed by atoms with Crippen LogP contribution >= 0.6 is 0 Å². The second-order valence-electron chi connectivity index (χ2n) is 4.52.